The van der Waals surface area contributed by atoms with Crippen LogP contribution in [0, 0.1) is 11.3 Å². The minimum absolute atomic E-state index is 0.0206. The Morgan fingerprint density at radius 1 is 1.30 bits per heavy atom. The Kier molecular flexibility index (Phi) is 4.28. The average molecular weight is 373 g/mol. The van der Waals surface area contributed by atoms with Crippen LogP contribution in [0.4, 0.5) is 5.69 Å². The predicted octanol–water partition coefficient (Wildman–Crippen LogP) is 3.17. The van der Waals surface area contributed by atoms with Crippen molar-refractivity contribution < 1.29 is 8.42 Å². The number of aromatic nitrogens is 1. The smallest absolute Gasteiger partial charge is 0.261 e. The molecule has 0 atom stereocenters. The fraction of sp³-hybridized carbons (Fsp3) is 0. The van der Waals surface area contributed by atoms with Gasteiger partial charge < -0.3 is 0 Å². The van der Waals surface area contributed by atoms with Gasteiger partial charge in [0.1, 0.15) is 11.8 Å². The molecule has 1 aromatic carbocycles. The van der Waals surface area contributed by atoms with Crippen molar-refractivity contribution >= 4 is 43.2 Å². The van der Waals surface area contributed by atoms with Gasteiger partial charge in [-0.15, -0.1) is 0 Å². The topological polar surface area (TPSA) is 82.9 Å². The normalized spacial score (nSPS) is 10.8. The molecule has 0 aliphatic rings. The Labute approximate surface area is 129 Å². The van der Waals surface area contributed by atoms with E-state index in [9.17, 15) is 8.42 Å². The molecule has 20 heavy (non-hydrogen) atoms. The number of hydrogen-bond acceptors (Lipinski definition) is 4. The predicted molar refractivity (Wildman–Crippen MR) is 78.9 cm³/mol. The highest BCUT2D eigenvalue weighted by Gasteiger charge is 2.16. The maximum atomic E-state index is 12.2. The highest BCUT2D eigenvalue weighted by Crippen LogP contribution is 2.24. The summed E-state index contributed by atoms with van der Waals surface area (Å²) in [4.78, 5) is 3.78. The van der Waals surface area contributed by atoms with Crippen LogP contribution in [0.2, 0.25) is 5.02 Å². The van der Waals surface area contributed by atoms with E-state index in [0.717, 1.165) is 0 Å². The Bertz CT molecular complexity index is 782. The van der Waals surface area contributed by atoms with Crippen LogP contribution in [0.25, 0.3) is 0 Å². The minimum atomic E-state index is -3.78. The molecule has 2 aromatic rings. The summed E-state index contributed by atoms with van der Waals surface area (Å²) in [6.07, 6.45) is 1.35. The van der Waals surface area contributed by atoms with Crippen LogP contribution in [0.5, 0.6) is 0 Å². The highest BCUT2D eigenvalue weighted by molar-refractivity contribution is 9.10. The first kappa shape index (κ1) is 14.8. The molecule has 0 aliphatic carbocycles. The molecule has 0 aliphatic heterocycles. The van der Waals surface area contributed by atoms with E-state index >= 15 is 0 Å². The third-order valence-corrected chi connectivity index (χ3v) is 4.31. The number of nitrogens with zero attached hydrogens (tertiary/aromatic N) is 2. The number of nitriles is 1. The second-order valence-electron chi connectivity index (χ2n) is 3.75. The fourth-order valence-corrected chi connectivity index (χ4v) is 3.65. The number of rotatable bonds is 3. The van der Waals surface area contributed by atoms with E-state index < -0.39 is 10.0 Å². The van der Waals surface area contributed by atoms with Crippen molar-refractivity contribution in [3.8, 4) is 6.07 Å². The van der Waals surface area contributed by atoms with Gasteiger partial charge in [-0.25, -0.2) is 13.4 Å². The van der Waals surface area contributed by atoms with Gasteiger partial charge in [-0.2, -0.15) is 5.26 Å². The molecule has 102 valence electrons. The van der Waals surface area contributed by atoms with Crippen LogP contribution in [0.1, 0.15) is 5.69 Å². The molecule has 1 N–H and O–H groups in total. The van der Waals surface area contributed by atoms with Crippen molar-refractivity contribution in [3.05, 3.63) is 51.7 Å². The van der Waals surface area contributed by atoms with Crippen LogP contribution in [0.3, 0.4) is 0 Å². The largest absolute Gasteiger partial charge is 0.279 e. The molecule has 0 amide bonds. The van der Waals surface area contributed by atoms with Crippen LogP contribution in [0.15, 0.2) is 45.9 Å². The molecule has 5 nitrogen and oxygen atoms in total. The van der Waals surface area contributed by atoms with Gasteiger partial charge >= 0.3 is 0 Å². The summed E-state index contributed by atoms with van der Waals surface area (Å²) in [6, 6.07) is 8.99. The van der Waals surface area contributed by atoms with Gasteiger partial charge in [0.2, 0.25) is 0 Å². The van der Waals surface area contributed by atoms with Gasteiger partial charge in [-0.3, -0.25) is 4.72 Å². The number of anilines is 1. The summed E-state index contributed by atoms with van der Waals surface area (Å²) in [5.74, 6) is 0. The molecule has 1 aromatic heterocycles. The fourth-order valence-electron chi connectivity index (χ4n) is 1.45. The first-order chi connectivity index (χ1) is 9.40. The molecule has 0 fully saturated rings. The third kappa shape index (κ3) is 3.48. The first-order valence-electron chi connectivity index (χ1n) is 5.26. The summed E-state index contributed by atoms with van der Waals surface area (Å²) < 4.78 is 27.3. The lowest BCUT2D eigenvalue weighted by Crippen LogP contribution is -2.13. The maximum Gasteiger partial charge on any atom is 0.261 e. The van der Waals surface area contributed by atoms with Gasteiger partial charge in [0, 0.05) is 15.7 Å². The Morgan fingerprint density at radius 3 is 2.70 bits per heavy atom. The SMILES string of the molecule is N#Cc1cc(NS(=O)(=O)c2cc(Cl)cc(Br)c2)ccn1. The van der Waals surface area contributed by atoms with Crippen LogP contribution in [-0.2, 0) is 10.0 Å². The zero-order valence-electron chi connectivity index (χ0n) is 9.84. The average Bonchev–Trinajstić information content (AvgIpc) is 2.37. The molecular weight excluding hydrogens is 366 g/mol. The number of halogens is 2. The molecule has 2 rings (SSSR count). The van der Waals surface area contributed by atoms with Gasteiger partial charge in [0.15, 0.2) is 0 Å². The second kappa shape index (κ2) is 5.79. The molecule has 0 unspecified atom stereocenters. The third-order valence-electron chi connectivity index (χ3n) is 2.27. The maximum absolute atomic E-state index is 12.2. The standard InChI is InChI=1S/C12H7BrClN3O2S/c13-8-3-9(14)5-12(4-8)20(18,19)17-10-1-2-16-11(6-10)7-15/h1-6H,(H,16,17). The summed E-state index contributed by atoms with van der Waals surface area (Å²) in [5, 5.41) is 9.04. The monoisotopic (exact) mass is 371 g/mol. The second-order valence-corrected chi connectivity index (χ2v) is 6.79. The lowest BCUT2D eigenvalue weighted by atomic mass is 10.3. The summed E-state index contributed by atoms with van der Waals surface area (Å²) in [5.41, 5.74) is 0.380. The first-order valence-corrected chi connectivity index (χ1v) is 7.91. The molecule has 1 heterocycles. The van der Waals surface area contributed by atoms with E-state index in [4.69, 9.17) is 16.9 Å². The van der Waals surface area contributed by atoms with Gasteiger partial charge in [-0.05, 0) is 30.3 Å². The van der Waals surface area contributed by atoms with Crippen LogP contribution in [-0.4, -0.2) is 13.4 Å². The number of pyridine rings is 1. The van der Waals surface area contributed by atoms with E-state index in [-0.39, 0.29) is 16.3 Å². The van der Waals surface area contributed by atoms with E-state index in [2.05, 4.69) is 25.6 Å². The van der Waals surface area contributed by atoms with E-state index in [1.165, 1.54) is 30.5 Å². The number of hydrogen-bond donors (Lipinski definition) is 1. The van der Waals surface area contributed by atoms with Crippen molar-refractivity contribution in [3.63, 3.8) is 0 Å². The molecule has 0 radical (unpaired) electrons. The van der Waals surface area contributed by atoms with Crippen LogP contribution >= 0.6 is 27.5 Å². The molecule has 0 saturated heterocycles. The lowest BCUT2D eigenvalue weighted by molar-refractivity contribution is 0.601. The summed E-state index contributed by atoms with van der Waals surface area (Å²) >= 11 is 9.02. The minimum Gasteiger partial charge on any atom is -0.279 e. The van der Waals surface area contributed by atoms with Crippen LogP contribution < -0.4 is 4.72 Å². The van der Waals surface area contributed by atoms with Crippen molar-refractivity contribution in [1.29, 1.82) is 5.26 Å². The molecule has 8 heteroatoms. The van der Waals surface area contributed by atoms with Crippen molar-refractivity contribution in [1.82, 2.24) is 4.98 Å². The number of nitrogens with one attached hydrogen (secondary N) is 1. The van der Waals surface area contributed by atoms with E-state index in [1.54, 1.807) is 6.07 Å². The summed E-state index contributed by atoms with van der Waals surface area (Å²) in [7, 11) is -3.78. The Hall–Kier alpha value is -1.62. The zero-order chi connectivity index (χ0) is 14.8. The van der Waals surface area contributed by atoms with Crippen molar-refractivity contribution in [2.75, 3.05) is 4.72 Å². The van der Waals surface area contributed by atoms with Gasteiger partial charge in [0.05, 0.1) is 10.6 Å². The quantitative estimate of drug-likeness (QED) is 0.897. The van der Waals surface area contributed by atoms with Gasteiger partial charge in [0.25, 0.3) is 10.0 Å². The zero-order valence-corrected chi connectivity index (χ0v) is 13.0. The Balaban J connectivity index is 2.38. The van der Waals surface area contributed by atoms with E-state index in [0.29, 0.717) is 9.50 Å². The van der Waals surface area contributed by atoms with Crippen molar-refractivity contribution in [2.24, 2.45) is 0 Å². The molecule has 0 bridgehead atoms. The van der Waals surface area contributed by atoms with Crippen molar-refractivity contribution in [2.45, 2.75) is 4.90 Å². The highest BCUT2D eigenvalue weighted by atomic mass is 79.9. The van der Waals surface area contributed by atoms with E-state index in [1.807, 2.05) is 6.07 Å². The number of benzene rings is 1. The number of sulfonamides is 1. The molecule has 0 saturated carbocycles. The Morgan fingerprint density at radius 2 is 2.05 bits per heavy atom. The lowest BCUT2D eigenvalue weighted by Gasteiger charge is -2.08. The van der Waals surface area contributed by atoms with Gasteiger partial charge in [-0.1, -0.05) is 27.5 Å². The molecule has 0 spiro atoms. The molecular formula is C12H7BrClN3O2S. The summed E-state index contributed by atoms with van der Waals surface area (Å²) in [6.45, 7) is 0.